The van der Waals surface area contributed by atoms with E-state index in [0.29, 0.717) is 40.0 Å². The average molecular weight is 446 g/mol. The van der Waals surface area contributed by atoms with Gasteiger partial charge in [0.15, 0.2) is 0 Å². The van der Waals surface area contributed by atoms with Gasteiger partial charge in [-0.3, -0.25) is 4.79 Å². The van der Waals surface area contributed by atoms with Crippen LogP contribution in [0.1, 0.15) is 37.0 Å². The number of benzene rings is 1. The number of carbonyl (C=O) groups is 1. The quantitative estimate of drug-likeness (QED) is 0.666. The first-order valence-corrected chi connectivity index (χ1v) is 10.7. The van der Waals surface area contributed by atoms with Gasteiger partial charge in [-0.05, 0) is 45.4 Å². The Kier molecular flexibility index (Phi) is 6.11. The molecule has 164 valence electrons. The molecule has 7 nitrogen and oxygen atoms in total. The summed E-state index contributed by atoms with van der Waals surface area (Å²) in [5.74, 6) is 0.00804. The number of rotatable bonds is 3. The number of hydrogen-bond donors (Lipinski definition) is 3. The summed E-state index contributed by atoms with van der Waals surface area (Å²) >= 11 is 6.19. The molecule has 3 aliphatic rings. The van der Waals surface area contributed by atoms with Crippen molar-refractivity contribution in [2.24, 2.45) is 4.99 Å². The summed E-state index contributed by atoms with van der Waals surface area (Å²) in [7, 11) is 0. The number of carbonyl (C=O) groups excluding carboxylic acids is 1. The lowest BCUT2D eigenvalue weighted by molar-refractivity contribution is 0.0794. The van der Waals surface area contributed by atoms with E-state index in [1.165, 1.54) is 18.2 Å². The van der Waals surface area contributed by atoms with Crippen LogP contribution in [0.15, 0.2) is 45.3 Å². The number of nitrogens with zero attached hydrogens (tertiary/aromatic N) is 2. The number of likely N-dealkylation sites (tertiary alicyclic amines) is 1. The fraction of sp³-hybridized carbons (Fsp3) is 0.409. The van der Waals surface area contributed by atoms with E-state index in [9.17, 15) is 9.18 Å². The van der Waals surface area contributed by atoms with Crippen LogP contribution in [0.25, 0.3) is 0 Å². The van der Waals surface area contributed by atoms with Gasteiger partial charge in [-0.2, -0.15) is 0 Å². The molecule has 3 aliphatic heterocycles. The van der Waals surface area contributed by atoms with Crippen molar-refractivity contribution in [1.82, 2.24) is 15.5 Å². The molecule has 0 radical (unpaired) electrons. The predicted molar refractivity (Wildman–Crippen MR) is 118 cm³/mol. The molecule has 9 heteroatoms. The van der Waals surface area contributed by atoms with Crippen molar-refractivity contribution in [3.05, 3.63) is 51.7 Å². The molecule has 3 heterocycles. The maximum Gasteiger partial charge on any atom is 0.258 e. The average Bonchev–Trinajstić information content (AvgIpc) is 3.14. The minimum absolute atomic E-state index is 0.111. The third-order valence-corrected chi connectivity index (χ3v) is 6.14. The molecular weight excluding hydrogens is 421 g/mol. The first-order chi connectivity index (χ1) is 14.8. The highest BCUT2D eigenvalue weighted by Crippen LogP contribution is 2.28. The van der Waals surface area contributed by atoms with Crippen LogP contribution in [0, 0.1) is 11.2 Å². The number of amides is 1. The van der Waals surface area contributed by atoms with Gasteiger partial charge in [0, 0.05) is 23.9 Å². The molecule has 0 aliphatic carbocycles. The standard InChI is InChI=1S/C22H25ClFN5O2/c1-12-20(23)13(2)28-21(27-12)17-10-29(11-18(17)25)22(30)16-6-5-14(24)8-19(16)31-15-4-3-7-26-9-15/h5-6,8,15,25-27H,3-4,7,9-11H2,1-2H3/b21-17+,25-18?/t15-/m0/s1. The Hall–Kier alpha value is -2.71. The summed E-state index contributed by atoms with van der Waals surface area (Å²) in [5.41, 5.74) is 2.65. The molecule has 0 bridgehead atoms. The monoisotopic (exact) mass is 445 g/mol. The summed E-state index contributed by atoms with van der Waals surface area (Å²) in [6.45, 7) is 5.60. The van der Waals surface area contributed by atoms with Crippen LogP contribution in [0.4, 0.5) is 4.39 Å². The summed E-state index contributed by atoms with van der Waals surface area (Å²) in [6, 6.07) is 3.97. The van der Waals surface area contributed by atoms with Crippen molar-refractivity contribution in [3.63, 3.8) is 0 Å². The zero-order chi connectivity index (χ0) is 22.1. The zero-order valence-electron chi connectivity index (χ0n) is 17.5. The normalized spacial score (nSPS) is 24.3. The summed E-state index contributed by atoms with van der Waals surface area (Å²) in [4.78, 5) is 19.3. The maximum atomic E-state index is 13.9. The van der Waals surface area contributed by atoms with Crippen molar-refractivity contribution in [3.8, 4) is 5.75 Å². The van der Waals surface area contributed by atoms with Crippen LogP contribution >= 0.6 is 11.6 Å². The molecule has 1 amide bonds. The van der Waals surface area contributed by atoms with Gasteiger partial charge in [-0.25, -0.2) is 9.38 Å². The Labute approximate surface area is 185 Å². The first kappa shape index (κ1) is 21.5. The van der Waals surface area contributed by atoms with E-state index in [1.807, 2.05) is 6.92 Å². The van der Waals surface area contributed by atoms with E-state index in [2.05, 4.69) is 15.6 Å². The van der Waals surface area contributed by atoms with Crippen LogP contribution in [0.2, 0.25) is 0 Å². The molecule has 0 unspecified atom stereocenters. The van der Waals surface area contributed by atoms with E-state index >= 15 is 0 Å². The Morgan fingerprint density at radius 1 is 1.35 bits per heavy atom. The van der Waals surface area contributed by atoms with Crippen molar-refractivity contribution in [2.75, 3.05) is 26.2 Å². The lowest BCUT2D eigenvalue weighted by atomic mass is 10.1. The first-order valence-electron chi connectivity index (χ1n) is 10.3. The highest BCUT2D eigenvalue weighted by Gasteiger charge is 2.32. The van der Waals surface area contributed by atoms with Gasteiger partial charge < -0.3 is 25.7 Å². The molecule has 2 fully saturated rings. The highest BCUT2D eigenvalue weighted by molar-refractivity contribution is 6.43. The number of aliphatic imine (C=N–C) groups is 1. The van der Waals surface area contributed by atoms with Crippen LogP contribution in [0.3, 0.4) is 0 Å². The Morgan fingerprint density at radius 3 is 2.87 bits per heavy atom. The minimum Gasteiger partial charge on any atom is -0.488 e. The van der Waals surface area contributed by atoms with Crippen molar-refractivity contribution in [2.45, 2.75) is 32.8 Å². The molecule has 0 spiro atoms. The van der Waals surface area contributed by atoms with Crippen molar-refractivity contribution >= 4 is 28.9 Å². The fourth-order valence-corrected chi connectivity index (χ4v) is 4.01. The number of nitrogens with one attached hydrogen (secondary N) is 3. The molecule has 1 aromatic carbocycles. The number of piperidine rings is 1. The minimum atomic E-state index is -0.456. The number of allylic oxidation sites excluding steroid dienone is 2. The number of halogens is 2. The smallest absolute Gasteiger partial charge is 0.258 e. The molecule has 31 heavy (non-hydrogen) atoms. The molecule has 0 aromatic heterocycles. The Balaban J connectivity index is 1.57. The van der Waals surface area contributed by atoms with E-state index in [4.69, 9.17) is 21.7 Å². The molecule has 1 aromatic rings. The molecule has 2 saturated heterocycles. The summed E-state index contributed by atoms with van der Waals surface area (Å²) in [6.07, 6.45) is 1.70. The van der Waals surface area contributed by atoms with E-state index in [0.717, 1.165) is 25.1 Å². The van der Waals surface area contributed by atoms with Gasteiger partial charge in [0.25, 0.3) is 5.91 Å². The predicted octanol–water partition coefficient (Wildman–Crippen LogP) is 3.18. The molecule has 3 N–H and O–H groups in total. The van der Waals surface area contributed by atoms with Crippen LogP contribution in [-0.2, 0) is 0 Å². The summed E-state index contributed by atoms with van der Waals surface area (Å²) < 4.78 is 19.9. The van der Waals surface area contributed by atoms with Crippen LogP contribution < -0.4 is 15.4 Å². The number of ether oxygens (including phenoxy) is 1. The number of hydrogen-bond acceptors (Lipinski definition) is 6. The second-order valence-electron chi connectivity index (χ2n) is 7.95. The zero-order valence-corrected chi connectivity index (χ0v) is 18.3. The van der Waals surface area contributed by atoms with Crippen molar-refractivity contribution in [1.29, 1.82) is 5.41 Å². The van der Waals surface area contributed by atoms with Gasteiger partial charge in [0.2, 0.25) is 0 Å². The van der Waals surface area contributed by atoms with Gasteiger partial charge in [0.1, 0.15) is 23.5 Å². The maximum absolute atomic E-state index is 13.9. The Morgan fingerprint density at radius 2 is 2.16 bits per heavy atom. The van der Waals surface area contributed by atoms with Gasteiger partial charge in [-0.1, -0.05) is 11.6 Å². The fourth-order valence-electron chi connectivity index (χ4n) is 3.92. The molecule has 0 saturated carbocycles. The second-order valence-corrected chi connectivity index (χ2v) is 8.33. The molecule has 4 rings (SSSR count). The van der Waals surface area contributed by atoms with Crippen molar-refractivity contribution < 1.29 is 13.9 Å². The van der Waals surface area contributed by atoms with E-state index in [-0.39, 0.29) is 30.9 Å². The Bertz CT molecular complexity index is 1030. The van der Waals surface area contributed by atoms with Gasteiger partial charge in [0.05, 0.1) is 35.1 Å². The SMILES string of the molecule is CC1=N/C(=C2\CN(C(=O)c3ccc(F)cc3O[C@H]3CCCNC3)CC2=N)NC(C)=C1Cl. The third-order valence-electron chi connectivity index (χ3n) is 5.59. The molecule has 1 atom stereocenters. The summed E-state index contributed by atoms with van der Waals surface area (Å²) in [5, 5.41) is 15.3. The van der Waals surface area contributed by atoms with Gasteiger partial charge in [-0.15, -0.1) is 0 Å². The topological polar surface area (TPSA) is 89.8 Å². The van der Waals surface area contributed by atoms with Crippen LogP contribution in [-0.4, -0.2) is 54.5 Å². The highest BCUT2D eigenvalue weighted by atomic mass is 35.5. The lowest BCUT2D eigenvalue weighted by Crippen LogP contribution is -2.37. The third kappa shape index (κ3) is 4.50. The van der Waals surface area contributed by atoms with Gasteiger partial charge >= 0.3 is 0 Å². The van der Waals surface area contributed by atoms with E-state index in [1.54, 1.807) is 11.8 Å². The van der Waals surface area contributed by atoms with E-state index < -0.39 is 5.82 Å². The lowest BCUT2D eigenvalue weighted by Gasteiger charge is -2.25. The van der Waals surface area contributed by atoms with Crippen LogP contribution in [0.5, 0.6) is 5.75 Å². The largest absolute Gasteiger partial charge is 0.488 e. The second kappa shape index (κ2) is 8.80. The molecular formula is C22H25ClFN5O2.